The molecule has 106 heavy (non-hydrogen) atoms. The van der Waals surface area contributed by atoms with Crippen LogP contribution in [0.3, 0.4) is 0 Å². The summed E-state index contributed by atoms with van der Waals surface area (Å²) < 4.78 is 44.4. The summed E-state index contributed by atoms with van der Waals surface area (Å²) in [6, 6.07) is 31.3. The Morgan fingerprint density at radius 3 is 1.54 bits per heavy atom. The average molecular weight is 1480 g/mol. The molecule has 25 heteroatoms. The van der Waals surface area contributed by atoms with Crippen molar-refractivity contribution in [3.8, 4) is 11.1 Å². The summed E-state index contributed by atoms with van der Waals surface area (Å²) in [5, 5.41) is 37.2. The van der Waals surface area contributed by atoms with E-state index in [1.807, 2.05) is 60.7 Å². The number of anilines is 2. The van der Waals surface area contributed by atoms with Gasteiger partial charge in [-0.05, 0) is 114 Å². The Hall–Kier alpha value is -9.48. The van der Waals surface area contributed by atoms with E-state index in [-0.39, 0.29) is 97.8 Å². The summed E-state index contributed by atoms with van der Waals surface area (Å²) in [5.74, 6) is -2.96. The molecule has 1 fully saturated rings. The number of methoxy groups -OCH3 is 2. The van der Waals surface area contributed by atoms with Gasteiger partial charge < -0.3 is 69.3 Å². The Morgan fingerprint density at radius 1 is 0.604 bits per heavy atom. The monoisotopic (exact) mass is 1480 g/mol. The second kappa shape index (κ2) is 31.9. The summed E-state index contributed by atoms with van der Waals surface area (Å²) in [6.45, 7) is 23.3. The molecule has 5 aliphatic heterocycles. The number of fused-ring (bicyclic) bond motifs is 7. The highest BCUT2D eigenvalue weighted by Crippen LogP contribution is 2.48. The Bertz CT molecular complexity index is 4350. The number of allylic oxidation sites excluding steroid dienone is 8. The molecule has 0 aromatic heterocycles. The molecule has 1 saturated heterocycles. The number of nitrogens with zero attached hydrogens (tertiary/aromatic N) is 6. The lowest BCUT2D eigenvalue weighted by molar-refractivity contribution is -0.782. The van der Waals surface area contributed by atoms with Crippen LogP contribution in [-0.2, 0) is 52.3 Å². The van der Waals surface area contributed by atoms with Crippen molar-refractivity contribution in [1.82, 2.24) is 15.5 Å². The van der Waals surface area contributed by atoms with Gasteiger partial charge in [-0.2, -0.15) is 18.4 Å². The number of carbonyl (C=O) groups excluding carboxylic acids is 5. The largest absolute Gasteiger partial charge is 0.618 e. The maximum atomic E-state index is 15.7. The van der Waals surface area contributed by atoms with E-state index in [9.17, 15) is 24.8 Å². The van der Waals surface area contributed by atoms with Crippen LogP contribution < -0.4 is 20.9 Å². The molecule has 3 aliphatic carbocycles. The van der Waals surface area contributed by atoms with Crippen molar-refractivity contribution in [1.29, 1.82) is 0 Å². The van der Waals surface area contributed by atoms with Gasteiger partial charge in [0.1, 0.15) is 18.7 Å². The van der Waals surface area contributed by atoms with E-state index < -0.39 is 66.9 Å². The van der Waals surface area contributed by atoms with Crippen LogP contribution in [-0.4, -0.2) is 188 Å². The van der Waals surface area contributed by atoms with Crippen LogP contribution in [0.15, 0.2) is 180 Å². The molecule has 4 aromatic rings. The Balaban J connectivity index is 0.701. The second-order valence-corrected chi connectivity index (χ2v) is 42.5. The lowest BCUT2D eigenvalue weighted by Gasteiger charge is -2.34. The molecule has 8 aliphatic rings. The number of quaternary nitrogens is 2. The first kappa shape index (κ1) is 76.2. The molecule has 0 saturated carbocycles. The van der Waals surface area contributed by atoms with Gasteiger partial charge in [-0.15, -0.1) is 0 Å². The Morgan fingerprint density at radius 2 is 1.08 bits per heavy atom. The molecule has 4 aromatic carbocycles. The fraction of sp³-hybridized carbons (Fsp3) is 0.420. The van der Waals surface area contributed by atoms with Crippen molar-refractivity contribution in [2.75, 3.05) is 104 Å². The number of rotatable bonds is 29. The number of ether oxygens (including phenoxy) is 7. The number of carbonyl (C=O) groups is 5. The lowest BCUT2D eigenvalue weighted by Crippen LogP contribution is -2.53. The average Bonchev–Trinajstić information content (AvgIpc) is 1.58. The minimum Gasteiger partial charge on any atom is -0.618 e. The molecule has 5 heterocycles. The second-order valence-electron chi connectivity index (χ2n) is 31.3. The van der Waals surface area contributed by atoms with Gasteiger partial charge in [0.2, 0.25) is 58.7 Å². The first-order valence-corrected chi connectivity index (χ1v) is 44.2. The number of hydrogen-bond acceptors (Lipinski definition) is 16. The molecule has 0 bridgehead atoms. The van der Waals surface area contributed by atoms with Crippen molar-refractivity contribution in [2.24, 2.45) is 17.8 Å². The third-order valence-corrected chi connectivity index (χ3v) is 24.4. The van der Waals surface area contributed by atoms with Crippen molar-refractivity contribution in [3.05, 3.63) is 212 Å². The zero-order valence-electron chi connectivity index (χ0n) is 63.0. The number of amides is 5. The van der Waals surface area contributed by atoms with E-state index in [2.05, 4.69) is 108 Å². The topological polar surface area (TPSA) is 245 Å². The summed E-state index contributed by atoms with van der Waals surface area (Å²) in [5.41, 5.74) is 10.5. The fourth-order valence-electron chi connectivity index (χ4n) is 14.8. The first-order valence-electron chi connectivity index (χ1n) is 36.8. The predicted molar refractivity (Wildman–Crippen MR) is 413 cm³/mol. The number of benzene rings is 4. The van der Waals surface area contributed by atoms with Gasteiger partial charge in [0.05, 0.1) is 40.6 Å². The van der Waals surface area contributed by atoms with Crippen molar-refractivity contribution < 1.29 is 75.6 Å². The number of alkyl carbamates (subject to hydrolysis) is 1. The van der Waals surface area contributed by atoms with E-state index in [4.69, 9.17) is 33.2 Å². The number of piperazine rings is 1. The first-order chi connectivity index (χ1) is 50.7. The normalized spacial score (nSPS) is 22.0. The predicted octanol–water partition coefficient (Wildman–Crippen LogP) is 12.1. The van der Waals surface area contributed by atoms with Gasteiger partial charge in [0.15, 0.2) is 37.7 Å². The highest BCUT2D eigenvalue weighted by molar-refractivity contribution is 6.76. The summed E-state index contributed by atoms with van der Waals surface area (Å²) in [4.78, 5) is 76.7. The van der Waals surface area contributed by atoms with E-state index >= 15 is 9.59 Å². The van der Waals surface area contributed by atoms with Gasteiger partial charge in [0, 0.05) is 78.2 Å². The number of hydroxylamine groups is 2. The Labute approximate surface area is 623 Å². The highest BCUT2D eigenvalue weighted by Gasteiger charge is 2.59. The maximum absolute atomic E-state index is 15.7. The van der Waals surface area contributed by atoms with Gasteiger partial charge in [-0.3, -0.25) is 9.59 Å². The quantitative estimate of drug-likeness (QED) is 0.0150. The zero-order valence-corrected chi connectivity index (χ0v) is 65.0. The summed E-state index contributed by atoms with van der Waals surface area (Å²) in [6.07, 6.45) is 13.3. The molecule has 12 rings (SSSR count). The lowest BCUT2D eigenvalue weighted by atomic mass is 9.86. The van der Waals surface area contributed by atoms with Crippen molar-refractivity contribution >= 4 is 80.8 Å². The molecule has 3 N–H and O–H groups in total. The van der Waals surface area contributed by atoms with Crippen LogP contribution in [0.5, 0.6) is 0 Å². The number of nitrogens with one attached hydrogen (secondary N) is 3. The van der Waals surface area contributed by atoms with Crippen LogP contribution >= 0.6 is 0 Å². The van der Waals surface area contributed by atoms with Crippen LogP contribution in [0.1, 0.15) is 68.2 Å². The van der Waals surface area contributed by atoms with Gasteiger partial charge >= 0.3 is 17.9 Å². The van der Waals surface area contributed by atoms with Gasteiger partial charge in [-0.1, -0.05) is 138 Å². The maximum Gasteiger partial charge on any atom is 0.407 e. The van der Waals surface area contributed by atoms with E-state index in [1.54, 1.807) is 57.5 Å². The zero-order chi connectivity index (χ0) is 75.4. The molecule has 23 nitrogen and oxygen atoms in total. The summed E-state index contributed by atoms with van der Waals surface area (Å²) in [7, 11) is 1.94. The highest BCUT2D eigenvalue weighted by atomic mass is 28.3. The van der Waals surface area contributed by atoms with E-state index in [0.29, 0.717) is 43.1 Å². The standard InChI is InChI=1S/C81H99N9O14Si2/c1-53(2)74(84-81(95)104-50-67-63-20-15-13-18-61(63)62-19-14-16-21-64(62)67)78(92)82-54(3)77(91)83-59-28-22-55(23-29-59)57-26-32-68-65(44-57)79(93)89(51-100-40-42-105(7,8)9)48-72(75(98-5)70(89)46-87(68)96)102-38-17-39-103-73-49-90(52-101-41-43-106(10,11)12)71(76(73)99-6)47-88(97)69-33-27-58(45-66(69)80(90)94)56-24-30-60(31-25-56)86-36-34-85(4)35-37-86/h13-16,18-33,46-49,53-54,65-67,74H,17,34-45,50-52H2,1-12H3,(H-2,82,83,84,91,92,95)/p+2. The third-order valence-electron chi connectivity index (χ3n) is 21.0. The van der Waals surface area contributed by atoms with Crippen LogP contribution in [0.25, 0.3) is 22.3 Å². The minimum absolute atomic E-state index is 0.0675. The number of hydrogen-bond donors (Lipinski definition) is 3. The minimum atomic E-state index is -1.60. The van der Waals surface area contributed by atoms with E-state index in [0.717, 1.165) is 98.0 Å². The molecule has 0 radical (unpaired) electrons. The SMILES string of the molecule is COC1=C2C=[N+]([O-])C3=CC=C(c4ccc(NC(=O)C(C)NC(=O)C(NC(=O)OCC5c6ccccc6-c6ccccc65)C(C)C)cc4)CC3C(=O)[N+]2(COCC[Si](C)(C)C)C=C1OCCCOC1=C[N+]2(COCC[Si](C)(C)C)C(=O)C3CC(c4ccc(N5CCN(C)CC5)cc4)=CC=C3[N+]([O-])=CC2=C1OC. The third kappa shape index (κ3) is 16.3. The van der Waals surface area contributed by atoms with Crippen LogP contribution in [0, 0.1) is 28.2 Å². The smallest absolute Gasteiger partial charge is 0.407 e. The van der Waals surface area contributed by atoms with Crippen molar-refractivity contribution in [3.63, 3.8) is 0 Å². The summed E-state index contributed by atoms with van der Waals surface area (Å²) >= 11 is 0. The number of likely N-dealkylation sites (N-methyl/N-ethyl adjacent to an activating group) is 1. The fourth-order valence-corrected chi connectivity index (χ4v) is 16.3. The van der Waals surface area contributed by atoms with Crippen LogP contribution in [0.2, 0.25) is 51.4 Å². The van der Waals surface area contributed by atoms with Crippen LogP contribution in [0.4, 0.5) is 16.2 Å². The molecular formula is C81H101N9O14Si2+2. The molecule has 6 atom stereocenters. The van der Waals surface area contributed by atoms with Gasteiger partial charge in [0.25, 0.3) is 11.4 Å². The van der Waals surface area contributed by atoms with Crippen molar-refractivity contribution in [2.45, 2.75) is 109 Å². The molecule has 6 unspecified atom stereocenters. The molecular weight excluding hydrogens is 1380 g/mol. The molecule has 5 amide bonds. The van der Waals surface area contributed by atoms with Gasteiger partial charge in [-0.25, -0.2) is 14.4 Å². The van der Waals surface area contributed by atoms with E-state index in [1.165, 1.54) is 26.6 Å². The molecule has 560 valence electrons. The Kier molecular flexibility index (Phi) is 22.9. The molecule has 0 spiro atoms.